The van der Waals surface area contributed by atoms with Gasteiger partial charge < -0.3 is 19.7 Å². The van der Waals surface area contributed by atoms with E-state index in [-0.39, 0.29) is 24.5 Å². The molecule has 1 aliphatic rings. The van der Waals surface area contributed by atoms with Crippen LogP contribution in [-0.2, 0) is 16.1 Å². The SMILES string of the molecule is COC(=O)CCN(Cc1ccc(OC)cc1)C(=O)NC1CCCCC1. The Balaban J connectivity index is 1.99. The molecule has 0 atom stereocenters. The van der Waals surface area contributed by atoms with E-state index < -0.39 is 0 Å². The average molecular weight is 348 g/mol. The van der Waals surface area contributed by atoms with Gasteiger partial charge in [0.1, 0.15) is 5.75 Å². The molecular formula is C19H28N2O4. The van der Waals surface area contributed by atoms with Crippen molar-refractivity contribution in [3.8, 4) is 5.75 Å². The van der Waals surface area contributed by atoms with Crippen LogP contribution in [0.2, 0.25) is 0 Å². The summed E-state index contributed by atoms with van der Waals surface area (Å²) in [7, 11) is 2.98. The predicted molar refractivity (Wildman–Crippen MR) is 95.4 cm³/mol. The molecule has 138 valence electrons. The first-order valence-electron chi connectivity index (χ1n) is 8.87. The highest BCUT2D eigenvalue weighted by atomic mass is 16.5. The van der Waals surface area contributed by atoms with Crippen LogP contribution in [0.3, 0.4) is 0 Å². The highest BCUT2D eigenvalue weighted by Crippen LogP contribution is 2.18. The van der Waals surface area contributed by atoms with Gasteiger partial charge in [0.05, 0.1) is 20.6 Å². The van der Waals surface area contributed by atoms with E-state index in [0.29, 0.717) is 13.1 Å². The van der Waals surface area contributed by atoms with Gasteiger partial charge in [0, 0.05) is 19.1 Å². The minimum absolute atomic E-state index is 0.119. The molecule has 0 aromatic heterocycles. The van der Waals surface area contributed by atoms with Crippen molar-refractivity contribution >= 4 is 12.0 Å². The van der Waals surface area contributed by atoms with Crippen LogP contribution in [-0.4, -0.2) is 43.7 Å². The molecule has 6 heteroatoms. The lowest BCUT2D eigenvalue weighted by Crippen LogP contribution is -2.45. The molecule has 0 heterocycles. The highest BCUT2D eigenvalue weighted by molar-refractivity contribution is 5.76. The third-order valence-electron chi connectivity index (χ3n) is 4.57. The Labute approximate surface area is 149 Å². The van der Waals surface area contributed by atoms with Gasteiger partial charge in [-0.05, 0) is 30.5 Å². The molecular weight excluding hydrogens is 320 g/mol. The standard InChI is InChI=1S/C19H28N2O4/c1-24-17-10-8-15(9-11-17)14-21(13-12-18(22)25-2)19(23)20-16-6-4-3-5-7-16/h8-11,16H,3-7,12-14H2,1-2H3,(H,20,23). The maximum absolute atomic E-state index is 12.7. The number of hydrogen-bond acceptors (Lipinski definition) is 4. The minimum atomic E-state index is -0.315. The number of benzene rings is 1. The summed E-state index contributed by atoms with van der Waals surface area (Å²) >= 11 is 0. The number of nitrogens with zero attached hydrogens (tertiary/aromatic N) is 1. The van der Waals surface area contributed by atoms with Crippen molar-refractivity contribution in [1.29, 1.82) is 0 Å². The number of esters is 1. The second-order valence-corrected chi connectivity index (χ2v) is 6.38. The molecule has 0 bridgehead atoms. The van der Waals surface area contributed by atoms with Crippen molar-refractivity contribution in [2.24, 2.45) is 0 Å². The van der Waals surface area contributed by atoms with E-state index in [4.69, 9.17) is 9.47 Å². The summed E-state index contributed by atoms with van der Waals surface area (Å²) in [6, 6.07) is 7.71. The number of ether oxygens (including phenoxy) is 2. The molecule has 2 rings (SSSR count). The molecule has 1 aromatic rings. The average Bonchev–Trinajstić information content (AvgIpc) is 2.66. The number of amides is 2. The van der Waals surface area contributed by atoms with Crippen molar-refractivity contribution in [2.45, 2.75) is 51.1 Å². The van der Waals surface area contributed by atoms with Crippen molar-refractivity contribution in [3.63, 3.8) is 0 Å². The van der Waals surface area contributed by atoms with E-state index >= 15 is 0 Å². The largest absolute Gasteiger partial charge is 0.497 e. The highest BCUT2D eigenvalue weighted by Gasteiger charge is 2.21. The topological polar surface area (TPSA) is 67.9 Å². The molecule has 1 fully saturated rings. The monoisotopic (exact) mass is 348 g/mol. The Kier molecular flexibility index (Phi) is 7.57. The van der Waals surface area contributed by atoms with Gasteiger partial charge in [-0.25, -0.2) is 4.79 Å². The zero-order valence-corrected chi connectivity index (χ0v) is 15.1. The summed E-state index contributed by atoms with van der Waals surface area (Å²) in [5, 5.41) is 3.11. The molecule has 1 saturated carbocycles. The molecule has 0 unspecified atom stereocenters. The van der Waals surface area contributed by atoms with Crippen molar-refractivity contribution < 1.29 is 19.1 Å². The Hall–Kier alpha value is -2.24. The second kappa shape index (κ2) is 9.91. The van der Waals surface area contributed by atoms with Gasteiger partial charge in [-0.2, -0.15) is 0 Å². The third-order valence-corrected chi connectivity index (χ3v) is 4.57. The summed E-state index contributed by atoms with van der Waals surface area (Å²) in [4.78, 5) is 25.8. The summed E-state index contributed by atoms with van der Waals surface area (Å²) < 4.78 is 9.86. The van der Waals surface area contributed by atoms with Crippen LogP contribution >= 0.6 is 0 Å². The van der Waals surface area contributed by atoms with E-state index in [9.17, 15) is 9.59 Å². The molecule has 1 aromatic carbocycles. The van der Waals surface area contributed by atoms with Crippen LogP contribution in [0.4, 0.5) is 4.79 Å². The maximum Gasteiger partial charge on any atom is 0.317 e. The van der Waals surface area contributed by atoms with Gasteiger partial charge in [0.2, 0.25) is 0 Å². The lowest BCUT2D eigenvalue weighted by Gasteiger charge is -2.28. The molecule has 1 aliphatic carbocycles. The van der Waals surface area contributed by atoms with Gasteiger partial charge in [-0.3, -0.25) is 4.79 Å². The molecule has 0 spiro atoms. The number of nitrogens with one attached hydrogen (secondary N) is 1. The Morgan fingerprint density at radius 1 is 1.12 bits per heavy atom. The molecule has 0 radical (unpaired) electrons. The smallest absolute Gasteiger partial charge is 0.317 e. The first-order valence-corrected chi connectivity index (χ1v) is 8.87. The fourth-order valence-corrected chi connectivity index (χ4v) is 3.04. The van der Waals surface area contributed by atoms with Gasteiger partial charge in [-0.1, -0.05) is 31.4 Å². The Morgan fingerprint density at radius 3 is 2.40 bits per heavy atom. The Morgan fingerprint density at radius 2 is 1.80 bits per heavy atom. The number of methoxy groups -OCH3 is 2. The number of carbonyl (C=O) groups excluding carboxylic acids is 2. The molecule has 25 heavy (non-hydrogen) atoms. The van der Waals surface area contributed by atoms with E-state index in [1.54, 1.807) is 12.0 Å². The first kappa shape index (κ1) is 19.1. The van der Waals surface area contributed by atoms with Crippen molar-refractivity contribution in [3.05, 3.63) is 29.8 Å². The molecule has 1 N–H and O–H groups in total. The van der Waals surface area contributed by atoms with E-state index in [2.05, 4.69) is 5.32 Å². The molecule has 0 aliphatic heterocycles. The molecule has 0 saturated heterocycles. The fraction of sp³-hybridized carbons (Fsp3) is 0.579. The van der Waals surface area contributed by atoms with E-state index in [1.807, 2.05) is 24.3 Å². The van der Waals surface area contributed by atoms with Crippen molar-refractivity contribution in [1.82, 2.24) is 10.2 Å². The summed E-state index contributed by atoms with van der Waals surface area (Å²) in [5.74, 6) is 0.460. The van der Waals surface area contributed by atoms with Crippen LogP contribution in [0.15, 0.2) is 24.3 Å². The van der Waals surface area contributed by atoms with Gasteiger partial charge in [-0.15, -0.1) is 0 Å². The number of urea groups is 1. The predicted octanol–water partition coefficient (Wildman–Crippen LogP) is 3.10. The zero-order chi connectivity index (χ0) is 18.1. The van der Waals surface area contributed by atoms with Gasteiger partial charge in [0.25, 0.3) is 0 Å². The van der Waals surface area contributed by atoms with Crippen LogP contribution in [0.1, 0.15) is 44.1 Å². The molecule has 2 amide bonds. The third kappa shape index (κ3) is 6.29. The van der Waals surface area contributed by atoms with Crippen molar-refractivity contribution in [2.75, 3.05) is 20.8 Å². The lowest BCUT2D eigenvalue weighted by molar-refractivity contribution is -0.140. The number of rotatable bonds is 7. The number of hydrogen-bond donors (Lipinski definition) is 1. The first-order chi connectivity index (χ1) is 12.1. The van der Waals surface area contributed by atoms with E-state index in [0.717, 1.165) is 37.0 Å². The fourth-order valence-electron chi connectivity index (χ4n) is 3.04. The lowest BCUT2D eigenvalue weighted by atomic mass is 9.96. The number of carbonyl (C=O) groups is 2. The van der Waals surface area contributed by atoms with Crippen LogP contribution in [0.25, 0.3) is 0 Å². The normalized spacial score (nSPS) is 14.6. The maximum atomic E-state index is 12.7. The van der Waals surface area contributed by atoms with Crippen LogP contribution in [0.5, 0.6) is 5.75 Å². The zero-order valence-electron chi connectivity index (χ0n) is 15.1. The summed E-state index contributed by atoms with van der Waals surface area (Å²) in [5.41, 5.74) is 0.990. The second-order valence-electron chi connectivity index (χ2n) is 6.38. The van der Waals surface area contributed by atoms with Crippen LogP contribution < -0.4 is 10.1 Å². The summed E-state index contributed by atoms with van der Waals surface area (Å²) in [6.45, 7) is 0.775. The Bertz CT molecular complexity index is 553. The summed E-state index contributed by atoms with van der Waals surface area (Å²) in [6.07, 6.45) is 5.80. The molecule has 6 nitrogen and oxygen atoms in total. The van der Waals surface area contributed by atoms with Crippen LogP contribution in [0, 0.1) is 0 Å². The van der Waals surface area contributed by atoms with Gasteiger partial charge in [0.15, 0.2) is 0 Å². The van der Waals surface area contributed by atoms with E-state index in [1.165, 1.54) is 13.5 Å². The quantitative estimate of drug-likeness (QED) is 0.769. The van der Waals surface area contributed by atoms with Gasteiger partial charge >= 0.3 is 12.0 Å². The minimum Gasteiger partial charge on any atom is -0.497 e.